The second kappa shape index (κ2) is 5.28. The number of carbonyl (C=O) groups is 1. The van der Waals surface area contributed by atoms with Crippen LogP contribution in [0.3, 0.4) is 0 Å². The van der Waals surface area contributed by atoms with Gasteiger partial charge in [0.15, 0.2) is 0 Å². The van der Waals surface area contributed by atoms with Gasteiger partial charge in [0, 0.05) is 11.8 Å². The van der Waals surface area contributed by atoms with Gasteiger partial charge in [0.2, 0.25) is 0 Å². The summed E-state index contributed by atoms with van der Waals surface area (Å²) in [5.74, 6) is -0.278. The van der Waals surface area contributed by atoms with Crippen LogP contribution < -0.4 is 5.32 Å². The van der Waals surface area contributed by atoms with Crippen molar-refractivity contribution in [1.29, 1.82) is 0 Å². The molecule has 3 nitrogen and oxygen atoms in total. The maximum absolute atomic E-state index is 11.2. The van der Waals surface area contributed by atoms with E-state index >= 15 is 0 Å². The molecular weight excluding hydrogens is 258 g/mol. The minimum absolute atomic E-state index is 0.0589. The monoisotopic (exact) mass is 271 g/mol. The lowest BCUT2D eigenvalue weighted by Crippen LogP contribution is -2.25. The lowest BCUT2D eigenvalue weighted by atomic mass is 10.0. The Bertz CT molecular complexity index is 577. The average Bonchev–Trinajstić information content (AvgIpc) is 3.09. The number of esters is 1. The molecular formula is C15H13NO2S. The summed E-state index contributed by atoms with van der Waals surface area (Å²) >= 11 is 1.63. The SMILES string of the molecule is O=C1C=CC(C(Nc2ccccc2)c2ccsc2)O1. The highest BCUT2D eigenvalue weighted by Gasteiger charge is 2.28. The number of hydrogen-bond donors (Lipinski definition) is 1. The van der Waals surface area contributed by atoms with E-state index in [0.29, 0.717) is 0 Å². The Balaban J connectivity index is 1.85. The highest BCUT2D eigenvalue weighted by molar-refractivity contribution is 7.08. The number of ether oxygens (including phenoxy) is 1. The summed E-state index contributed by atoms with van der Waals surface area (Å²) in [5, 5.41) is 7.52. The van der Waals surface area contributed by atoms with Crippen molar-refractivity contribution in [2.75, 3.05) is 5.32 Å². The largest absolute Gasteiger partial charge is 0.452 e. The Labute approximate surface area is 115 Å². The zero-order valence-corrected chi connectivity index (χ0v) is 11.0. The number of carbonyl (C=O) groups excluding carboxylic acids is 1. The Morgan fingerprint density at radius 3 is 2.68 bits per heavy atom. The fourth-order valence-electron chi connectivity index (χ4n) is 2.09. The van der Waals surface area contributed by atoms with Crippen LogP contribution in [-0.2, 0) is 9.53 Å². The summed E-state index contributed by atoms with van der Waals surface area (Å²) in [5.41, 5.74) is 2.13. The quantitative estimate of drug-likeness (QED) is 0.866. The second-order valence-corrected chi connectivity index (χ2v) is 5.09. The topological polar surface area (TPSA) is 38.3 Å². The smallest absolute Gasteiger partial charge is 0.331 e. The standard InChI is InChI=1S/C15H13NO2S/c17-14-7-6-13(18-14)15(11-8-9-19-10-11)16-12-4-2-1-3-5-12/h1-10,13,15-16H. The summed E-state index contributed by atoms with van der Waals surface area (Å²) in [7, 11) is 0. The molecule has 3 rings (SSSR count). The molecule has 2 atom stereocenters. The highest BCUT2D eigenvalue weighted by Crippen LogP contribution is 2.29. The first-order chi connectivity index (χ1) is 9.33. The molecule has 0 radical (unpaired) electrons. The number of para-hydroxylation sites is 1. The molecule has 0 spiro atoms. The number of benzene rings is 1. The van der Waals surface area contributed by atoms with E-state index in [9.17, 15) is 4.79 Å². The van der Waals surface area contributed by atoms with Gasteiger partial charge in [-0.15, -0.1) is 0 Å². The van der Waals surface area contributed by atoms with Crippen LogP contribution in [0.1, 0.15) is 11.6 Å². The first kappa shape index (κ1) is 12.0. The minimum atomic E-state index is -0.278. The predicted octanol–water partition coefficient (Wildman–Crippen LogP) is 3.38. The van der Waals surface area contributed by atoms with Crippen molar-refractivity contribution in [2.45, 2.75) is 12.1 Å². The predicted molar refractivity (Wildman–Crippen MR) is 76.1 cm³/mol. The van der Waals surface area contributed by atoms with Crippen molar-refractivity contribution in [3.8, 4) is 0 Å². The van der Waals surface area contributed by atoms with Crippen molar-refractivity contribution < 1.29 is 9.53 Å². The molecule has 1 aromatic carbocycles. The van der Waals surface area contributed by atoms with E-state index < -0.39 is 0 Å². The Morgan fingerprint density at radius 1 is 1.21 bits per heavy atom. The summed E-state index contributed by atoms with van der Waals surface area (Å²) in [4.78, 5) is 11.2. The summed E-state index contributed by atoms with van der Waals surface area (Å²) in [6.45, 7) is 0. The molecule has 2 aromatic rings. The fourth-order valence-corrected chi connectivity index (χ4v) is 2.78. The molecule has 96 valence electrons. The molecule has 1 aliphatic heterocycles. The minimum Gasteiger partial charge on any atom is -0.452 e. The molecule has 2 heterocycles. The van der Waals surface area contributed by atoms with Crippen LogP contribution in [0.25, 0.3) is 0 Å². The molecule has 4 heteroatoms. The van der Waals surface area contributed by atoms with Crippen LogP contribution in [0.4, 0.5) is 5.69 Å². The maximum atomic E-state index is 11.2. The number of cyclic esters (lactones) is 1. The summed E-state index contributed by atoms with van der Waals surface area (Å²) in [6.07, 6.45) is 3.03. The third kappa shape index (κ3) is 2.69. The van der Waals surface area contributed by atoms with Gasteiger partial charge in [-0.3, -0.25) is 0 Å². The normalized spacial score (nSPS) is 19.2. The fraction of sp³-hybridized carbons (Fsp3) is 0.133. The number of nitrogens with one attached hydrogen (secondary N) is 1. The first-order valence-corrected chi connectivity index (χ1v) is 7.00. The van der Waals surface area contributed by atoms with E-state index in [1.807, 2.05) is 41.8 Å². The Hall–Kier alpha value is -2.07. The molecule has 1 aromatic heterocycles. The van der Waals surface area contributed by atoms with Crippen molar-refractivity contribution in [3.63, 3.8) is 0 Å². The highest BCUT2D eigenvalue weighted by atomic mass is 32.1. The van der Waals surface area contributed by atoms with Gasteiger partial charge in [0.1, 0.15) is 6.10 Å². The Kier molecular flexibility index (Phi) is 3.33. The van der Waals surface area contributed by atoms with Gasteiger partial charge in [0.25, 0.3) is 0 Å². The van der Waals surface area contributed by atoms with Gasteiger partial charge >= 0.3 is 5.97 Å². The van der Waals surface area contributed by atoms with Crippen LogP contribution in [0.2, 0.25) is 0 Å². The van der Waals surface area contributed by atoms with Crippen molar-refractivity contribution in [1.82, 2.24) is 0 Å². The van der Waals surface area contributed by atoms with Crippen molar-refractivity contribution >= 4 is 23.0 Å². The molecule has 2 unspecified atom stereocenters. The molecule has 0 saturated carbocycles. The van der Waals surface area contributed by atoms with E-state index in [1.54, 1.807) is 17.4 Å². The average molecular weight is 271 g/mol. The lowest BCUT2D eigenvalue weighted by molar-refractivity contribution is -0.139. The maximum Gasteiger partial charge on any atom is 0.331 e. The third-order valence-electron chi connectivity index (χ3n) is 3.00. The summed E-state index contributed by atoms with van der Waals surface area (Å²) < 4.78 is 5.31. The van der Waals surface area contributed by atoms with Gasteiger partial charge in [-0.1, -0.05) is 18.2 Å². The molecule has 0 amide bonds. The van der Waals surface area contributed by atoms with E-state index in [2.05, 4.69) is 10.7 Å². The Morgan fingerprint density at radius 2 is 2.05 bits per heavy atom. The molecule has 1 aliphatic rings. The number of hydrogen-bond acceptors (Lipinski definition) is 4. The number of thiophene rings is 1. The number of rotatable bonds is 4. The molecule has 0 saturated heterocycles. The van der Waals surface area contributed by atoms with Crippen LogP contribution in [0.5, 0.6) is 0 Å². The first-order valence-electron chi connectivity index (χ1n) is 6.05. The molecule has 0 fully saturated rings. The molecule has 0 aliphatic carbocycles. The van der Waals surface area contributed by atoms with E-state index in [1.165, 1.54) is 6.08 Å². The van der Waals surface area contributed by atoms with Crippen LogP contribution in [-0.4, -0.2) is 12.1 Å². The van der Waals surface area contributed by atoms with Crippen molar-refractivity contribution in [2.24, 2.45) is 0 Å². The van der Waals surface area contributed by atoms with E-state index in [-0.39, 0.29) is 18.1 Å². The van der Waals surface area contributed by atoms with Gasteiger partial charge < -0.3 is 10.1 Å². The van der Waals surface area contributed by atoms with Gasteiger partial charge in [0.05, 0.1) is 6.04 Å². The van der Waals surface area contributed by atoms with Gasteiger partial charge in [-0.2, -0.15) is 11.3 Å². The molecule has 19 heavy (non-hydrogen) atoms. The van der Waals surface area contributed by atoms with E-state index in [0.717, 1.165) is 11.3 Å². The lowest BCUT2D eigenvalue weighted by Gasteiger charge is -2.23. The van der Waals surface area contributed by atoms with Crippen LogP contribution in [0.15, 0.2) is 59.3 Å². The third-order valence-corrected chi connectivity index (χ3v) is 3.70. The second-order valence-electron chi connectivity index (χ2n) is 4.31. The van der Waals surface area contributed by atoms with Gasteiger partial charge in [-0.05, 0) is 40.6 Å². The summed E-state index contributed by atoms with van der Waals surface area (Å²) in [6, 6.07) is 11.9. The molecule has 0 bridgehead atoms. The van der Waals surface area contributed by atoms with Crippen LogP contribution in [0, 0.1) is 0 Å². The van der Waals surface area contributed by atoms with Gasteiger partial charge in [-0.25, -0.2) is 4.79 Å². The van der Waals surface area contributed by atoms with Crippen molar-refractivity contribution in [3.05, 3.63) is 64.9 Å². The number of anilines is 1. The zero-order chi connectivity index (χ0) is 13.1. The zero-order valence-electron chi connectivity index (χ0n) is 10.2. The van der Waals surface area contributed by atoms with Crippen LogP contribution >= 0.6 is 11.3 Å². The van der Waals surface area contributed by atoms with E-state index in [4.69, 9.17) is 4.74 Å². The molecule has 1 N–H and O–H groups in total.